The molecule has 2 atom stereocenters. The Balaban J connectivity index is 4.84. The Morgan fingerprint density at radius 3 is 2.21 bits per heavy atom. The van der Waals surface area contributed by atoms with Crippen molar-refractivity contribution in [3.63, 3.8) is 0 Å². The molecule has 0 rings (SSSR count). The highest BCUT2D eigenvalue weighted by Crippen LogP contribution is 2.01. The average Bonchev–Trinajstić information content (AvgIpc) is 2.70. The summed E-state index contributed by atoms with van der Waals surface area (Å²) in [5, 5.41) is 33.3. The van der Waals surface area contributed by atoms with E-state index >= 15 is 0 Å². The summed E-state index contributed by atoms with van der Waals surface area (Å²) in [6, 6.07) is -2.81. The van der Waals surface area contributed by atoms with Crippen LogP contribution in [0.4, 0.5) is 0 Å². The number of rotatable bonds is 17. The van der Waals surface area contributed by atoms with E-state index in [9.17, 15) is 34.1 Å². The van der Waals surface area contributed by atoms with Crippen molar-refractivity contribution in [1.29, 1.82) is 0 Å². The first-order valence-corrected chi connectivity index (χ1v) is 9.56. The molecule has 0 aromatic rings. The van der Waals surface area contributed by atoms with E-state index in [1.165, 1.54) is 0 Å². The molecule has 0 fully saturated rings. The molecule has 0 aliphatic rings. The molecule has 0 aromatic heterocycles. The third-order valence-electron chi connectivity index (χ3n) is 3.78. The van der Waals surface area contributed by atoms with Crippen molar-refractivity contribution in [3.8, 4) is 0 Å². The Kier molecular flexibility index (Phi) is 13.6. The van der Waals surface area contributed by atoms with Gasteiger partial charge in [0.1, 0.15) is 12.1 Å². The maximum Gasteiger partial charge on any atom is 0.326 e. The highest BCUT2D eigenvalue weighted by atomic mass is 16.9. The summed E-state index contributed by atoms with van der Waals surface area (Å²) in [4.78, 5) is 75.9. The molecule has 33 heavy (non-hydrogen) atoms. The van der Waals surface area contributed by atoms with Gasteiger partial charge in [-0.2, -0.15) is 0 Å². The van der Waals surface area contributed by atoms with Crippen molar-refractivity contribution in [2.45, 2.75) is 44.2 Å². The number of aliphatic carboxylic acids is 2. The minimum absolute atomic E-state index is 0.0116. The molecule has 186 valence electrons. The van der Waals surface area contributed by atoms with Gasteiger partial charge < -0.3 is 42.5 Å². The van der Waals surface area contributed by atoms with Gasteiger partial charge in [0.2, 0.25) is 17.7 Å². The largest absolute Gasteiger partial charge is 0.481 e. The Morgan fingerprint density at radius 1 is 1.03 bits per heavy atom. The number of carbonyl (C=O) groups excluding carboxylic acids is 3. The molecule has 9 N–H and O–H groups in total. The predicted octanol–water partition coefficient (Wildman–Crippen LogP) is -3.33. The topological polar surface area (TPSA) is 279 Å². The number of aliphatic imine (C=N–C) groups is 1. The fourth-order valence-corrected chi connectivity index (χ4v) is 2.32. The highest BCUT2D eigenvalue weighted by Gasteiger charge is 2.24. The highest BCUT2D eigenvalue weighted by molar-refractivity contribution is 5.92. The first kappa shape index (κ1) is 28.8. The Morgan fingerprint density at radius 2 is 1.67 bits per heavy atom. The van der Waals surface area contributed by atoms with Crippen LogP contribution in [-0.4, -0.2) is 82.7 Å². The van der Waals surface area contributed by atoms with Crippen LogP contribution in [-0.2, 0) is 28.8 Å². The zero-order chi connectivity index (χ0) is 25.4. The lowest BCUT2D eigenvalue weighted by atomic mass is 10.1. The van der Waals surface area contributed by atoms with E-state index in [4.69, 9.17) is 21.7 Å². The van der Waals surface area contributed by atoms with Crippen LogP contribution in [0.5, 0.6) is 0 Å². The Bertz CT molecular complexity index is 754. The van der Waals surface area contributed by atoms with Crippen LogP contribution < -0.4 is 27.4 Å². The number of nitrogens with two attached hydrogens (primary N) is 2. The van der Waals surface area contributed by atoms with Crippen molar-refractivity contribution < 1.29 is 44.1 Å². The van der Waals surface area contributed by atoms with Gasteiger partial charge in [0, 0.05) is 13.0 Å². The lowest BCUT2D eigenvalue weighted by Crippen LogP contribution is -2.51. The number of hydrogen-bond acceptors (Lipinski definition) is 9. The minimum Gasteiger partial charge on any atom is -0.481 e. The van der Waals surface area contributed by atoms with Gasteiger partial charge in [0.25, 0.3) is 5.09 Å². The molecule has 0 aliphatic heterocycles. The molecule has 0 heterocycles. The third-order valence-corrected chi connectivity index (χ3v) is 3.78. The van der Waals surface area contributed by atoms with Gasteiger partial charge in [-0.1, -0.05) is 0 Å². The van der Waals surface area contributed by atoms with E-state index in [1.54, 1.807) is 0 Å². The van der Waals surface area contributed by atoms with Crippen molar-refractivity contribution in [3.05, 3.63) is 10.1 Å². The molecular weight excluding hydrogens is 450 g/mol. The zero-order valence-electron chi connectivity index (χ0n) is 17.5. The maximum atomic E-state index is 12.4. The molecule has 0 saturated heterocycles. The molecule has 0 aliphatic carbocycles. The molecule has 3 amide bonds. The maximum absolute atomic E-state index is 12.4. The Labute approximate surface area is 187 Å². The van der Waals surface area contributed by atoms with Crippen molar-refractivity contribution in [1.82, 2.24) is 16.0 Å². The third kappa shape index (κ3) is 15.3. The van der Waals surface area contributed by atoms with Gasteiger partial charge in [-0.15, -0.1) is 10.1 Å². The molecule has 0 spiro atoms. The van der Waals surface area contributed by atoms with Gasteiger partial charge in [0.15, 0.2) is 5.96 Å². The monoisotopic (exact) mass is 477 g/mol. The van der Waals surface area contributed by atoms with Crippen molar-refractivity contribution in [2.75, 3.05) is 19.7 Å². The van der Waals surface area contributed by atoms with Gasteiger partial charge in [0.05, 0.1) is 19.6 Å². The normalized spacial score (nSPS) is 11.9. The number of nitrogens with zero attached hydrogens (tertiary/aromatic N) is 2. The van der Waals surface area contributed by atoms with E-state index < -0.39 is 59.8 Å². The number of carboxylic acid groups (broad SMARTS) is 2. The molecular formula is C16H27N7O10. The van der Waals surface area contributed by atoms with E-state index in [2.05, 4.69) is 20.5 Å². The number of guanidine groups is 1. The predicted molar refractivity (Wildman–Crippen MR) is 109 cm³/mol. The van der Waals surface area contributed by atoms with Crippen LogP contribution in [0, 0.1) is 10.1 Å². The second kappa shape index (κ2) is 15.6. The van der Waals surface area contributed by atoms with Crippen LogP contribution in [0.2, 0.25) is 0 Å². The quantitative estimate of drug-likeness (QED) is 0.0356. The van der Waals surface area contributed by atoms with Crippen LogP contribution in [0.1, 0.15) is 32.1 Å². The fraction of sp³-hybridized carbons (Fsp3) is 0.625. The summed E-state index contributed by atoms with van der Waals surface area (Å²) >= 11 is 0. The standard InChI is InChI=1S/C16H27N7O10/c17-16(18)19-5-1-3-9(21-11(24)4-2-6-33-23(31)32)14(28)20-8-12(25)22-10(15(29)30)7-13(26)27/h9-10H,1-8H2,(H,20,28)(H,21,24)(H,22,25)(H,26,27)(H,29,30)(H4,17,18,19)/t9-,10-/m0/s1. The minimum atomic E-state index is -1.69. The smallest absolute Gasteiger partial charge is 0.326 e. The summed E-state index contributed by atoms with van der Waals surface area (Å²) in [6.07, 6.45) is -0.692. The van der Waals surface area contributed by atoms with Gasteiger partial charge in [-0.05, 0) is 19.3 Å². The summed E-state index contributed by atoms with van der Waals surface area (Å²) in [5.41, 5.74) is 10.4. The zero-order valence-corrected chi connectivity index (χ0v) is 17.5. The molecule has 0 saturated carbocycles. The van der Waals surface area contributed by atoms with Gasteiger partial charge in [-0.3, -0.25) is 24.2 Å². The van der Waals surface area contributed by atoms with E-state index in [0.29, 0.717) is 0 Å². The van der Waals surface area contributed by atoms with Crippen LogP contribution in [0.3, 0.4) is 0 Å². The van der Waals surface area contributed by atoms with Crippen LogP contribution in [0.25, 0.3) is 0 Å². The molecule has 17 nitrogen and oxygen atoms in total. The van der Waals surface area contributed by atoms with Gasteiger partial charge in [-0.25, -0.2) is 4.79 Å². The average molecular weight is 477 g/mol. The van der Waals surface area contributed by atoms with Crippen molar-refractivity contribution in [2.24, 2.45) is 16.5 Å². The molecule has 17 heteroatoms. The number of nitrogens with one attached hydrogen (secondary N) is 3. The fourth-order valence-electron chi connectivity index (χ4n) is 2.32. The second-order valence-electron chi connectivity index (χ2n) is 6.50. The van der Waals surface area contributed by atoms with E-state index in [1.807, 2.05) is 5.32 Å². The molecule has 0 aromatic carbocycles. The summed E-state index contributed by atoms with van der Waals surface area (Å²) < 4.78 is 0. The first-order chi connectivity index (χ1) is 15.4. The second-order valence-corrected chi connectivity index (χ2v) is 6.50. The molecule has 0 radical (unpaired) electrons. The molecule has 0 bridgehead atoms. The van der Waals surface area contributed by atoms with Crippen LogP contribution in [0.15, 0.2) is 4.99 Å². The van der Waals surface area contributed by atoms with Crippen molar-refractivity contribution >= 4 is 35.6 Å². The number of carbonyl (C=O) groups is 5. The van der Waals surface area contributed by atoms with Gasteiger partial charge >= 0.3 is 11.9 Å². The SMILES string of the molecule is NC(N)=NCCC[C@H](NC(=O)CCCO[N+](=O)[O-])C(=O)NCC(=O)N[C@@H](CC(=O)O)C(=O)O. The number of carboxylic acids is 2. The molecule has 0 unspecified atom stereocenters. The summed E-state index contributed by atoms with van der Waals surface area (Å²) in [5.74, 6) is -5.53. The summed E-state index contributed by atoms with van der Waals surface area (Å²) in [7, 11) is 0. The first-order valence-electron chi connectivity index (χ1n) is 9.56. The van der Waals surface area contributed by atoms with Crippen LogP contribution >= 0.6 is 0 Å². The van der Waals surface area contributed by atoms with E-state index in [-0.39, 0.29) is 44.8 Å². The lowest BCUT2D eigenvalue weighted by Gasteiger charge is -2.19. The number of hydrogen-bond donors (Lipinski definition) is 7. The lowest BCUT2D eigenvalue weighted by molar-refractivity contribution is -0.757. The van der Waals surface area contributed by atoms with E-state index in [0.717, 1.165) is 0 Å². The summed E-state index contributed by atoms with van der Waals surface area (Å²) in [6.45, 7) is -0.850. The Hall–Kier alpha value is -4.18. The number of amides is 3.